The molecule has 2 aromatic rings. The molecule has 0 saturated carbocycles. The Balaban J connectivity index is 1.81. The van der Waals surface area contributed by atoms with Crippen molar-refractivity contribution >= 4 is 16.6 Å². The summed E-state index contributed by atoms with van der Waals surface area (Å²) in [6.45, 7) is 5.35. The smallest absolute Gasteiger partial charge is 0.0943 e. The Morgan fingerprint density at radius 1 is 1.22 bits per heavy atom. The first-order valence-corrected chi connectivity index (χ1v) is 6.18. The van der Waals surface area contributed by atoms with Crippen LogP contribution in [-0.2, 0) is 16.0 Å². The molecule has 1 aromatic heterocycles. The molecule has 0 aliphatic carbocycles. The van der Waals surface area contributed by atoms with E-state index in [-0.39, 0.29) is 0 Å². The Morgan fingerprint density at radius 3 is 2.89 bits per heavy atom. The van der Waals surface area contributed by atoms with Crippen LogP contribution in [0.15, 0.2) is 24.4 Å². The Morgan fingerprint density at radius 2 is 2.06 bits per heavy atom. The minimum Gasteiger partial charge on any atom is -0.399 e. The molecule has 0 aliphatic rings. The minimum atomic E-state index is 0.627. The van der Waals surface area contributed by atoms with Gasteiger partial charge in [-0.3, -0.25) is 4.68 Å². The molecule has 0 aliphatic heterocycles. The van der Waals surface area contributed by atoms with Crippen LogP contribution in [-0.4, -0.2) is 36.2 Å². The molecule has 2 N–H and O–H groups in total. The Labute approximate surface area is 106 Å². The summed E-state index contributed by atoms with van der Waals surface area (Å²) in [5.41, 5.74) is 7.37. The second-order valence-electron chi connectivity index (χ2n) is 4.02. The minimum absolute atomic E-state index is 0.627. The number of nitrogens with zero attached hydrogens (tertiary/aromatic N) is 2. The maximum absolute atomic E-state index is 5.71. The van der Waals surface area contributed by atoms with E-state index < -0.39 is 0 Å². The summed E-state index contributed by atoms with van der Waals surface area (Å²) in [7, 11) is 0. The number of nitrogen functional groups attached to an aromatic ring is 1. The van der Waals surface area contributed by atoms with Crippen molar-refractivity contribution in [2.24, 2.45) is 0 Å². The summed E-state index contributed by atoms with van der Waals surface area (Å²) < 4.78 is 12.5. The summed E-state index contributed by atoms with van der Waals surface area (Å²) >= 11 is 0. The van der Waals surface area contributed by atoms with Crippen LogP contribution in [0, 0.1) is 0 Å². The predicted molar refractivity (Wildman–Crippen MR) is 71.5 cm³/mol. The van der Waals surface area contributed by atoms with Crippen molar-refractivity contribution in [1.82, 2.24) is 9.78 Å². The van der Waals surface area contributed by atoms with Gasteiger partial charge in [-0.25, -0.2) is 0 Å². The lowest BCUT2D eigenvalue weighted by molar-refractivity contribution is 0.0488. The molecule has 0 radical (unpaired) electrons. The second-order valence-corrected chi connectivity index (χ2v) is 4.02. The molecule has 1 heterocycles. The molecule has 2 rings (SSSR count). The number of fused-ring (bicyclic) bond motifs is 1. The van der Waals surface area contributed by atoms with E-state index in [9.17, 15) is 0 Å². The highest BCUT2D eigenvalue weighted by atomic mass is 16.5. The molecule has 0 amide bonds. The number of aromatic nitrogens is 2. The molecule has 1 aromatic carbocycles. The molecule has 18 heavy (non-hydrogen) atoms. The van der Waals surface area contributed by atoms with Crippen molar-refractivity contribution in [1.29, 1.82) is 0 Å². The molecular formula is C13H19N3O2. The quantitative estimate of drug-likeness (QED) is 0.599. The monoisotopic (exact) mass is 249 g/mol. The number of rotatable bonds is 7. The van der Waals surface area contributed by atoms with E-state index in [1.807, 2.05) is 36.0 Å². The molecule has 0 spiro atoms. The summed E-state index contributed by atoms with van der Waals surface area (Å²) in [5, 5.41) is 5.53. The third-order valence-corrected chi connectivity index (χ3v) is 2.62. The predicted octanol–water partition coefficient (Wildman–Crippen LogP) is 1.67. The lowest BCUT2D eigenvalue weighted by Gasteiger charge is -2.04. The molecule has 0 unspecified atom stereocenters. The van der Waals surface area contributed by atoms with E-state index in [2.05, 4.69) is 5.10 Å². The van der Waals surface area contributed by atoms with Gasteiger partial charge in [-0.05, 0) is 25.1 Å². The number of ether oxygens (including phenoxy) is 2. The van der Waals surface area contributed by atoms with Crippen molar-refractivity contribution in [3.8, 4) is 0 Å². The van der Waals surface area contributed by atoms with Gasteiger partial charge >= 0.3 is 0 Å². The number of anilines is 1. The van der Waals surface area contributed by atoms with Crippen molar-refractivity contribution < 1.29 is 9.47 Å². The van der Waals surface area contributed by atoms with Gasteiger partial charge in [0.2, 0.25) is 0 Å². The van der Waals surface area contributed by atoms with Gasteiger partial charge in [0.15, 0.2) is 0 Å². The molecule has 0 bridgehead atoms. The van der Waals surface area contributed by atoms with E-state index in [1.54, 1.807) is 0 Å². The summed E-state index contributed by atoms with van der Waals surface area (Å²) in [6.07, 6.45) is 2.00. The summed E-state index contributed by atoms with van der Waals surface area (Å²) in [4.78, 5) is 0. The fraction of sp³-hybridized carbons (Fsp3) is 0.462. The average Bonchev–Trinajstić information content (AvgIpc) is 2.75. The SMILES string of the molecule is CCOCCOCCn1cc2ccc(N)cc2n1. The first-order chi connectivity index (χ1) is 8.79. The third-order valence-electron chi connectivity index (χ3n) is 2.62. The largest absolute Gasteiger partial charge is 0.399 e. The van der Waals surface area contributed by atoms with Crippen molar-refractivity contribution in [2.45, 2.75) is 13.5 Å². The molecule has 0 fully saturated rings. The van der Waals surface area contributed by atoms with Gasteiger partial charge in [-0.15, -0.1) is 0 Å². The van der Waals surface area contributed by atoms with Gasteiger partial charge in [-0.1, -0.05) is 0 Å². The Kier molecular flexibility index (Phi) is 4.55. The van der Waals surface area contributed by atoms with Crippen molar-refractivity contribution in [3.63, 3.8) is 0 Å². The summed E-state index contributed by atoms with van der Waals surface area (Å²) in [5.74, 6) is 0. The van der Waals surface area contributed by atoms with Gasteiger partial charge in [0.05, 0.1) is 31.9 Å². The number of hydrogen-bond acceptors (Lipinski definition) is 4. The summed E-state index contributed by atoms with van der Waals surface area (Å²) in [6, 6.07) is 5.73. The van der Waals surface area contributed by atoms with E-state index >= 15 is 0 Å². The van der Waals surface area contributed by atoms with Crippen LogP contribution in [0.5, 0.6) is 0 Å². The van der Waals surface area contributed by atoms with E-state index in [1.165, 1.54) is 0 Å². The first-order valence-electron chi connectivity index (χ1n) is 6.18. The molecule has 0 saturated heterocycles. The van der Waals surface area contributed by atoms with Crippen LogP contribution in [0.4, 0.5) is 5.69 Å². The standard InChI is InChI=1S/C13H19N3O2/c1-2-17-7-8-18-6-5-16-10-11-3-4-12(14)9-13(11)15-16/h3-4,9-10H,2,5-8,14H2,1H3. The van der Waals surface area contributed by atoms with Crippen molar-refractivity contribution in [2.75, 3.05) is 32.2 Å². The number of hydrogen-bond donors (Lipinski definition) is 1. The number of benzene rings is 1. The van der Waals surface area contributed by atoms with Crippen molar-refractivity contribution in [3.05, 3.63) is 24.4 Å². The Hall–Kier alpha value is -1.59. The number of nitrogens with two attached hydrogens (primary N) is 1. The fourth-order valence-electron chi connectivity index (χ4n) is 1.72. The molecule has 0 atom stereocenters. The first kappa shape index (κ1) is 12.9. The fourth-order valence-corrected chi connectivity index (χ4v) is 1.72. The van der Waals surface area contributed by atoms with Gasteiger partial charge < -0.3 is 15.2 Å². The van der Waals surface area contributed by atoms with Crippen LogP contribution >= 0.6 is 0 Å². The van der Waals surface area contributed by atoms with Gasteiger partial charge in [0, 0.05) is 23.9 Å². The lowest BCUT2D eigenvalue weighted by Crippen LogP contribution is -2.10. The van der Waals surface area contributed by atoms with Gasteiger partial charge in [0.1, 0.15) is 0 Å². The van der Waals surface area contributed by atoms with Crippen LogP contribution < -0.4 is 5.73 Å². The zero-order chi connectivity index (χ0) is 12.8. The normalized spacial score (nSPS) is 11.2. The highest BCUT2D eigenvalue weighted by molar-refractivity contribution is 5.81. The third kappa shape index (κ3) is 3.45. The van der Waals surface area contributed by atoms with E-state index in [0.29, 0.717) is 19.8 Å². The lowest BCUT2D eigenvalue weighted by atomic mass is 10.2. The zero-order valence-corrected chi connectivity index (χ0v) is 10.6. The molecular weight excluding hydrogens is 230 g/mol. The highest BCUT2D eigenvalue weighted by Crippen LogP contribution is 2.15. The molecule has 5 heteroatoms. The van der Waals surface area contributed by atoms with Gasteiger partial charge in [-0.2, -0.15) is 5.10 Å². The second kappa shape index (κ2) is 6.37. The van der Waals surface area contributed by atoms with Crippen LogP contribution in [0.25, 0.3) is 10.9 Å². The average molecular weight is 249 g/mol. The molecule has 5 nitrogen and oxygen atoms in total. The maximum Gasteiger partial charge on any atom is 0.0943 e. The van der Waals surface area contributed by atoms with Crippen LogP contribution in [0.2, 0.25) is 0 Å². The van der Waals surface area contributed by atoms with E-state index in [4.69, 9.17) is 15.2 Å². The Bertz CT molecular complexity index is 496. The topological polar surface area (TPSA) is 62.3 Å². The molecule has 98 valence electrons. The van der Waals surface area contributed by atoms with E-state index in [0.717, 1.165) is 29.7 Å². The van der Waals surface area contributed by atoms with Crippen LogP contribution in [0.3, 0.4) is 0 Å². The highest BCUT2D eigenvalue weighted by Gasteiger charge is 2.00. The van der Waals surface area contributed by atoms with Crippen LogP contribution in [0.1, 0.15) is 6.92 Å². The zero-order valence-electron chi connectivity index (χ0n) is 10.6. The maximum atomic E-state index is 5.71. The van der Waals surface area contributed by atoms with Gasteiger partial charge in [0.25, 0.3) is 0 Å².